The smallest absolute Gasteiger partial charge is 0.256 e. The number of halogens is 1. The number of benzene rings is 1. The van der Waals surface area contributed by atoms with Crippen molar-refractivity contribution < 1.29 is 4.79 Å². The van der Waals surface area contributed by atoms with Gasteiger partial charge in [-0.05, 0) is 52.0 Å². The summed E-state index contributed by atoms with van der Waals surface area (Å²) in [5.74, 6) is -0.0780. The molecule has 0 aliphatic rings. The van der Waals surface area contributed by atoms with Crippen LogP contribution >= 0.6 is 27.3 Å². The Bertz CT molecular complexity index is 508. The number of carbonyl (C=O) groups excluding carboxylic acids is 1. The Kier molecular flexibility index (Phi) is 3.41. The first kappa shape index (κ1) is 11.4. The molecule has 0 aliphatic carbocycles. The molecule has 2 nitrogen and oxygen atoms in total. The molecular formula is C12H10BrNOS. The summed E-state index contributed by atoms with van der Waals surface area (Å²) >= 11 is 4.94. The lowest BCUT2D eigenvalue weighted by molar-refractivity contribution is 0.102. The third-order valence-corrected chi connectivity index (χ3v) is 3.50. The van der Waals surface area contributed by atoms with Crippen molar-refractivity contribution >= 4 is 38.9 Å². The van der Waals surface area contributed by atoms with Crippen LogP contribution in [0.25, 0.3) is 0 Å². The normalized spacial score (nSPS) is 10.1. The Labute approximate surface area is 106 Å². The van der Waals surface area contributed by atoms with Gasteiger partial charge in [0.05, 0.1) is 11.3 Å². The fourth-order valence-electron chi connectivity index (χ4n) is 1.31. The van der Waals surface area contributed by atoms with Crippen molar-refractivity contribution in [1.29, 1.82) is 0 Å². The van der Waals surface area contributed by atoms with Crippen molar-refractivity contribution in [2.24, 2.45) is 0 Å². The number of nitrogens with one attached hydrogen (secondary N) is 1. The largest absolute Gasteiger partial charge is 0.321 e. The van der Waals surface area contributed by atoms with Gasteiger partial charge in [-0.1, -0.05) is 6.07 Å². The van der Waals surface area contributed by atoms with Gasteiger partial charge in [-0.3, -0.25) is 4.79 Å². The molecule has 0 fully saturated rings. The maximum absolute atomic E-state index is 11.8. The number of anilines is 1. The minimum atomic E-state index is -0.0780. The van der Waals surface area contributed by atoms with Gasteiger partial charge in [0.15, 0.2) is 0 Å². The lowest BCUT2D eigenvalue weighted by Gasteiger charge is -2.06. The van der Waals surface area contributed by atoms with Gasteiger partial charge in [0, 0.05) is 9.85 Å². The monoisotopic (exact) mass is 295 g/mol. The summed E-state index contributed by atoms with van der Waals surface area (Å²) in [5.41, 5.74) is 2.64. The summed E-state index contributed by atoms with van der Waals surface area (Å²) in [5, 5.41) is 6.58. The molecule has 0 saturated heterocycles. The average Bonchev–Trinajstić information content (AvgIpc) is 2.75. The third-order valence-electron chi connectivity index (χ3n) is 2.16. The van der Waals surface area contributed by atoms with E-state index < -0.39 is 0 Å². The first-order valence-corrected chi connectivity index (χ1v) is 6.50. The topological polar surface area (TPSA) is 29.1 Å². The fourth-order valence-corrected chi connectivity index (χ4v) is 2.54. The molecule has 4 heteroatoms. The molecule has 0 spiro atoms. The Morgan fingerprint density at radius 1 is 1.38 bits per heavy atom. The van der Waals surface area contributed by atoms with Gasteiger partial charge in [-0.15, -0.1) is 0 Å². The van der Waals surface area contributed by atoms with Crippen LogP contribution in [0.1, 0.15) is 15.9 Å². The lowest BCUT2D eigenvalue weighted by Crippen LogP contribution is -2.11. The molecule has 0 radical (unpaired) electrons. The van der Waals surface area contributed by atoms with E-state index in [9.17, 15) is 4.79 Å². The van der Waals surface area contributed by atoms with Crippen LogP contribution in [-0.4, -0.2) is 5.91 Å². The molecule has 16 heavy (non-hydrogen) atoms. The molecule has 1 N–H and O–H groups in total. The average molecular weight is 296 g/mol. The van der Waals surface area contributed by atoms with Gasteiger partial charge in [-0.25, -0.2) is 0 Å². The molecular weight excluding hydrogens is 286 g/mol. The van der Waals surface area contributed by atoms with E-state index in [0.29, 0.717) is 5.56 Å². The number of hydrogen-bond acceptors (Lipinski definition) is 2. The minimum Gasteiger partial charge on any atom is -0.321 e. The van der Waals surface area contributed by atoms with Crippen molar-refractivity contribution in [1.82, 2.24) is 0 Å². The molecule has 1 amide bonds. The van der Waals surface area contributed by atoms with Crippen molar-refractivity contribution in [3.8, 4) is 0 Å². The predicted molar refractivity (Wildman–Crippen MR) is 71.2 cm³/mol. The van der Waals surface area contributed by atoms with Crippen LogP contribution in [0, 0.1) is 6.92 Å². The maximum Gasteiger partial charge on any atom is 0.256 e. The zero-order chi connectivity index (χ0) is 11.5. The number of amides is 1. The van der Waals surface area contributed by atoms with Gasteiger partial charge in [0.1, 0.15) is 0 Å². The highest BCUT2D eigenvalue weighted by molar-refractivity contribution is 9.10. The third kappa shape index (κ3) is 2.51. The zero-order valence-corrected chi connectivity index (χ0v) is 11.1. The summed E-state index contributed by atoms with van der Waals surface area (Å²) in [7, 11) is 0. The van der Waals surface area contributed by atoms with Crippen molar-refractivity contribution in [2.75, 3.05) is 5.32 Å². The molecule has 2 aromatic rings. The zero-order valence-electron chi connectivity index (χ0n) is 8.66. The Morgan fingerprint density at radius 2 is 2.19 bits per heavy atom. The van der Waals surface area contributed by atoms with Crippen molar-refractivity contribution in [3.63, 3.8) is 0 Å². The first-order valence-electron chi connectivity index (χ1n) is 4.76. The molecule has 82 valence electrons. The van der Waals surface area contributed by atoms with Crippen LogP contribution in [0.5, 0.6) is 0 Å². The minimum absolute atomic E-state index is 0.0780. The SMILES string of the molecule is Cc1ccc(NC(=O)c2ccsc2)c(Br)c1. The molecule has 0 atom stereocenters. The Balaban J connectivity index is 2.18. The Hall–Kier alpha value is -1.13. The Morgan fingerprint density at radius 3 is 2.81 bits per heavy atom. The van der Waals surface area contributed by atoms with Crippen LogP contribution < -0.4 is 5.32 Å². The van der Waals surface area contributed by atoms with Gasteiger partial charge in [0.25, 0.3) is 5.91 Å². The van der Waals surface area contributed by atoms with Gasteiger partial charge < -0.3 is 5.32 Å². The van der Waals surface area contributed by atoms with Crippen molar-refractivity contribution in [2.45, 2.75) is 6.92 Å². The van der Waals surface area contributed by atoms with E-state index in [4.69, 9.17) is 0 Å². The van der Waals surface area contributed by atoms with E-state index in [0.717, 1.165) is 15.7 Å². The summed E-state index contributed by atoms with van der Waals surface area (Å²) in [6, 6.07) is 7.64. The number of carbonyl (C=O) groups is 1. The van der Waals surface area contributed by atoms with E-state index in [2.05, 4.69) is 21.2 Å². The highest BCUT2D eigenvalue weighted by Gasteiger charge is 2.08. The number of rotatable bonds is 2. The van der Waals surface area contributed by atoms with E-state index >= 15 is 0 Å². The van der Waals surface area contributed by atoms with Crippen LogP contribution in [0.3, 0.4) is 0 Å². The first-order chi connectivity index (χ1) is 7.66. The number of thiophene rings is 1. The van der Waals surface area contributed by atoms with E-state index in [1.54, 1.807) is 0 Å². The summed E-state index contributed by atoms with van der Waals surface area (Å²) in [4.78, 5) is 11.8. The van der Waals surface area contributed by atoms with E-state index in [1.165, 1.54) is 11.3 Å². The molecule has 1 heterocycles. The summed E-state index contributed by atoms with van der Waals surface area (Å²) < 4.78 is 0.899. The maximum atomic E-state index is 11.8. The van der Waals surface area contributed by atoms with Crippen LogP contribution in [-0.2, 0) is 0 Å². The predicted octanol–water partition coefficient (Wildman–Crippen LogP) is 4.07. The second kappa shape index (κ2) is 4.80. The van der Waals surface area contributed by atoms with E-state index in [-0.39, 0.29) is 5.91 Å². The standard InChI is InChI=1S/C12H10BrNOS/c1-8-2-3-11(10(13)6-8)14-12(15)9-4-5-16-7-9/h2-7H,1H3,(H,14,15). The summed E-state index contributed by atoms with van der Waals surface area (Å²) in [6.07, 6.45) is 0. The molecule has 0 unspecified atom stereocenters. The lowest BCUT2D eigenvalue weighted by atomic mass is 10.2. The highest BCUT2D eigenvalue weighted by atomic mass is 79.9. The number of aryl methyl sites for hydroxylation is 1. The quantitative estimate of drug-likeness (QED) is 0.889. The van der Waals surface area contributed by atoms with Gasteiger partial charge in [0.2, 0.25) is 0 Å². The van der Waals surface area contributed by atoms with Crippen molar-refractivity contribution in [3.05, 3.63) is 50.6 Å². The highest BCUT2D eigenvalue weighted by Crippen LogP contribution is 2.24. The van der Waals surface area contributed by atoms with Gasteiger partial charge >= 0.3 is 0 Å². The fraction of sp³-hybridized carbons (Fsp3) is 0.0833. The summed E-state index contributed by atoms with van der Waals surface area (Å²) in [6.45, 7) is 2.01. The molecule has 1 aromatic carbocycles. The second-order valence-corrected chi connectivity index (χ2v) is 5.08. The molecule has 0 saturated carbocycles. The molecule has 0 bridgehead atoms. The van der Waals surface area contributed by atoms with Crippen LogP contribution in [0.2, 0.25) is 0 Å². The van der Waals surface area contributed by atoms with Crippen LogP contribution in [0.15, 0.2) is 39.5 Å². The molecule has 0 aliphatic heterocycles. The molecule has 2 rings (SSSR count). The van der Waals surface area contributed by atoms with E-state index in [1.807, 2.05) is 41.9 Å². The van der Waals surface area contributed by atoms with Crippen LogP contribution in [0.4, 0.5) is 5.69 Å². The second-order valence-electron chi connectivity index (χ2n) is 3.45. The number of hydrogen-bond donors (Lipinski definition) is 1. The molecule has 1 aromatic heterocycles. The van der Waals surface area contributed by atoms with Gasteiger partial charge in [-0.2, -0.15) is 11.3 Å².